The molecule has 1 aromatic rings. The smallest absolute Gasteiger partial charge is 0.321 e. The predicted octanol–water partition coefficient (Wildman–Crippen LogP) is 3.21. The van der Waals surface area contributed by atoms with Crippen LogP contribution < -0.4 is 15.4 Å². The molecule has 0 aliphatic heterocycles. The number of urea groups is 1. The fraction of sp³-hybridized carbons (Fsp3) is 0.385. The third-order valence-electron chi connectivity index (χ3n) is 2.50. The third kappa shape index (κ3) is 5.92. The maximum absolute atomic E-state index is 11.6. The van der Waals surface area contributed by atoms with E-state index in [9.17, 15) is 9.59 Å². The van der Waals surface area contributed by atoms with E-state index in [1.807, 2.05) is 19.9 Å². The molecule has 1 atom stereocenters. The fourth-order valence-electron chi connectivity index (χ4n) is 1.26. The van der Waals surface area contributed by atoms with Gasteiger partial charge in [-0.15, -0.1) is 0 Å². The molecule has 0 aliphatic carbocycles. The van der Waals surface area contributed by atoms with Crippen LogP contribution in [0.1, 0.15) is 20.3 Å². The number of hydrogen-bond donors (Lipinski definition) is 2. The van der Waals surface area contributed by atoms with Crippen molar-refractivity contribution in [3.8, 4) is 5.75 Å². The topological polar surface area (TPSA) is 67.4 Å². The number of benzene rings is 1. The van der Waals surface area contributed by atoms with Crippen molar-refractivity contribution in [1.82, 2.24) is 10.6 Å². The molecule has 5 nitrogen and oxygen atoms in total. The van der Waals surface area contributed by atoms with E-state index in [0.717, 1.165) is 15.4 Å². The highest BCUT2D eigenvalue weighted by molar-refractivity contribution is 9.11. The fourth-order valence-corrected chi connectivity index (χ4v) is 2.42. The van der Waals surface area contributed by atoms with Crippen LogP contribution in [0.15, 0.2) is 27.1 Å². The summed E-state index contributed by atoms with van der Waals surface area (Å²) < 4.78 is 6.95. The van der Waals surface area contributed by atoms with Gasteiger partial charge in [0.05, 0.1) is 4.47 Å². The standard InChI is InChI=1S/C13H16Br2N2O3/c1-3-8(2)16-13(19)17-12(18)7-20-11-5-4-9(14)6-10(11)15/h4-6,8H,3,7H2,1-2H3,(H2,16,17,18,19)/t8-/m0/s1. The molecule has 0 aromatic heterocycles. The first kappa shape index (κ1) is 17.0. The van der Waals surface area contributed by atoms with Crippen molar-refractivity contribution in [2.45, 2.75) is 26.3 Å². The lowest BCUT2D eigenvalue weighted by atomic mass is 10.3. The van der Waals surface area contributed by atoms with Crippen LogP contribution in [0.4, 0.5) is 4.79 Å². The van der Waals surface area contributed by atoms with Crippen molar-refractivity contribution < 1.29 is 14.3 Å². The molecule has 2 N–H and O–H groups in total. The van der Waals surface area contributed by atoms with E-state index in [0.29, 0.717) is 5.75 Å². The maximum atomic E-state index is 11.6. The summed E-state index contributed by atoms with van der Waals surface area (Å²) in [6.45, 7) is 3.58. The highest BCUT2D eigenvalue weighted by Crippen LogP contribution is 2.27. The monoisotopic (exact) mass is 406 g/mol. The first-order valence-electron chi connectivity index (χ1n) is 6.10. The molecule has 0 unspecified atom stereocenters. The lowest BCUT2D eigenvalue weighted by molar-refractivity contribution is -0.122. The summed E-state index contributed by atoms with van der Waals surface area (Å²) in [5.41, 5.74) is 0. The van der Waals surface area contributed by atoms with E-state index in [1.165, 1.54) is 0 Å². The van der Waals surface area contributed by atoms with E-state index >= 15 is 0 Å². The first-order chi connectivity index (χ1) is 9.42. The Morgan fingerprint density at radius 2 is 2.05 bits per heavy atom. The molecule has 0 fully saturated rings. The number of hydrogen-bond acceptors (Lipinski definition) is 3. The van der Waals surface area contributed by atoms with Crippen molar-refractivity contribution in [2.75, 3.05) is 6.61 Å². The predicted molar refractivity (Wildman–Crippen MR) is 83.8 cm³/mol. The maximum Gasteiger partial charge on any atom is 0.321 e. The molecule has 20 heavy (non-hydrogen) atoms. The molecule has 1 rings (SSSR count). The van der Waals surface area contributed by atoms with Crippen LogP contribution in [0.3, 0.4) is 0 Å². The van der Waals surface area contributed by atoms with Gasteiger partial charge in [-0.1, -0.05) is 22.9 Å². The Morgan fingerprint density at radius 1 is 1.35 bits per heavy atom. The first-order valence-corrected chi connectivity index (χ1v) is 7.69. The minimum Gasteiger partial charge on any atom is -0.483 e. The Kier molecular flexibility index (Phi) is 7.01. The lowest BCUT2D eigenvalue weighted by Crippen LogP contribution is -2.44. The van der Waals surface area contributed by atoms with Gasteiger partial charge in [-0.3, -0.25) is 10.1 Å². The average Bonchev–Trinajstić information content (AvgIpc) is 2.37. The van der Waals surface area contributed by atoms with Crippen LogP contribution in [0.25, 0.3) is 0 Å². The van der Waals surface area contributed by atoms with Gasteiger partial charge in [0, 0.05) is 10.5 Å². The largest absolute Gasteiger partial charge is 0.483 e. The molecule has 3 amide bonds. The number of rotatable bonds is 5. The summed E-state index contributed by atoms with van der Waals surface area (Å²) in [6, 6.07) is 4.84. The number of amides is 3. The van der Waals surface area contributed by atoms with Crippen LogP contribution >= 0.6 is 31.9 Å². The molecule has 0 heterocycles. The van der Waals surface area contributed by atoms with E-state index in [1.54, 1.807) is 12.1 Å². The number of halogens is 2. The Balaban J connectivity index is 2.41. The second-order valence-electron chi connectivity index (χ2n) is 4.19. The molecule has 0 bridgehead atoms. The molecule has 0 spiro atoms. The zero-order valence-corrected chi connectivity index (χ0v) is 14.4. The molecule has 0 aliphatic rings. The molecule has 1 aromatic carbocycles. The average molecular weight is 408 g/mol. The van der Waals surface area contributed by atoms with Gasteiger partial charge in [-0.2, -0.15) is 0 Å². The van der Waals surface area contributed by atoms with Crippen molar-refractivity contribution in [1.29, 1.82) is 0 Å². The summed E-state index contributed by atoms with van der Waals surface area (Å²) in [4.78, 5) is 23.0. The zero-order valence-electron chi connectivity index (χ0n) is 11.2. The summed E-state index contributed by atoms with van der Waals surface area (Å²) in [6.07, 6.45) is 0.796. The number of ether oxygens (including phenoxy) is 1. The molecular formula is C13H16Br2N2O3. The number of nitrogens with one attached hydrogen (secondary N) is 2. The van der Waals surface area contributed by atoms with Gasteiger partial charge in [0.25, 0.3) is 5.91 Å². The molecule has 0 saturated heterocycles. The SMILES string of the molecule is CC[C@H](C)NC(=O)NC(=O)COc1ccc(Br)cc1Br. The zero-order chi connectivity index (χ0) is 15.1. The summed E-state index contributed by atoms with van der Waals surface area (Å²) >= 11 is 6.65. The van der Waals surface area contributed by atoms with Gasteiger partial charge in [0.1, 0.15) is 5.75 Å². The van der Waals surface area contributed by atoms with Crippen molar-refractivity contribution in [3.63, 3.8) is 0 Å². The van der Waals surface area contributed by atoms with Crippen LogP contribution in [0.2, 0.25) is 0 Å². The minimum absolute atomic E-state index is 0.0179. The van der Waals surface area contributed by atoms with Gasteiger partial charge >= 0.3 is 6.03 Å². The van der Waals surface area contributed by atoms with Gasteiger partial charge in [0.2, 0.25) is 0 Å². The van der Waals surface area contributed by atoms with E-state index in [-0.39, 0.29) is 12.6 Å². The second kappa shape index (κ2) is 8.26. The van der Waals surface area contributed by atoms with E-state index < -0.39 is 11.9 Å². The molecule has 0 saturated carbocycles. The van der Waals surface area contributed by atoms with Crippen molar-refractivity contribution in [3.05, 3.63) is 27.1 Å². The Bertz CT molecular complexity index is 495. The second-order valence-corrected chi connectivity index (χ2v) is 5.96. The van der Waals surface area contributed by atoms with Gasteiger partial charge in [-0.05, 0) is 47.5 Å². The number of carbonyl (C=O) groups is 2. The van der Waals surface area contributed by atoms with Gasteiger partial charge in [-0.25, -0.2) is 4.79 Å². The van der Waals surface area contributed by atoms with Gasteiger partial charge < -0.3 is 10.1 Å². The lowest BCUT2D eigenvalue weighted by Gasteiger charge is -2.12. The minimum atomic E-state index is -0.511. The number of imide groups is 1. The van der Waals surface area contributed by atoms with Crippen LogP contribution in [-0.2, 0) is 4.79 Å². The third-order valence-corrected chi connectivity index (χ3v) is 3.61. The van der Waals surface area contributed by atoms with Crippen LogP contribution in [0, 0.1) is 0 Å². The summed E-state index contributed by atoms with van der Waals surface area (Å²) in [5, 5.41) is 4.84. The highest BCUT2D eigenvalue weighted by Gasteiger charge is 2.11. The van der Waals surface area contributed by atoms with Gasteiger partial charge in [0.15, 0.2) is 6.61 Å². The normalized spacial score (nSPS) is 11.6. The molecule has 0 radical (unpaired) electrons. The highest BCUT2D eigenvalue weighted by atomic mass is 79.9. The number of carbonyl (C=O) groups excluding carboxylic acids is 2. The Morgan fingerprint density at radius 3 is 2.65 bits per heavy atom. The molecule has 7 heteroatoms. The van der Waals surface area contributed by atoms with Crippen LogP contribution in [-0.4, -0.2) is 24.6 Å². The Hall–Kier alpha value is -1.08. The van der Waals surface area contributed by atoms with E-state index in [2.05, 4.69) is 42.5 Å². The molecule has 110 valence electrons. The van der Waals surface area contributed by atoms with E-state index in [4.69, 9.17) is 4.74 Å². The molecular weight excluding hydrogens is 392 g/mol. The summed E-state index contributed by atoms with van der Waals surface area (Å²) in [5.74, 6) is 0.0336. The van der Waals surface area contributed by atoms with Crippen molar-refractivity contribution in [2.24, 2.45) is 0 Å². The van der Waals surface area contributed by atoms with Crippen LogP contribution in [0.5, 0.6) is 5.75 Å². The van der Waals surface area contributed by atoms with Crippen molar-refractivity contribution >= 4 is 43.8 Å². The quantitative estimate of drug-likeness (QED) is 0.787. The Labute approximate surface area is 134 Å². The summed E-state index contributed by atoms with van der Waals surface area (Å²) in [7, 11) is 0.